The molecule has 4 unspecified atom stereocenters. The third-order valence-electron chi connectivity index (χ3n) is 8.04. The molecule has 0 bridgehead atoms. The monoisotopic (exact) mass is 424 g/mol. The van der Waals surface area contributed by atoms with Gasteiger partial charge in [0.05, 0.1) is 0 Å². The van der Waals surface area contributed by atoms with Crippen LogP contribution >= 0.6 is 0 Å². The molecule has 0 amide bonds. The fourth-order valence-corrected chi connectivity index (χ4v) is 6.31. The maximum atomic E-state index is 15.2. The lowest BCUT2D eigenvalue weighted by Crippen LogP contribution is -2.30. The Kier molecular flexibility index (Phi) is 7.46. The van der Waals surface area contributed by atoms with E-state index in [0.29, 0.717) is 10.8 Å². The molecule has 31 heavy (non-hydrogen) atoms. The van der Waals surface area contributed by atoms with Crippen molar-refractivity contribution in [2.24, 2.45) is 17.8 Å². The van der Waals surface area contributed by atoms with Gasteiger partial charge in [0.25, 0.3) is 0 Å². The van der Waals surface area contributed by atoms with Crippen molar-refractivity contribution in [1.29, 1.82) is 0 Å². The molecule has 4 rings (SSSR count). The zero-order valence-corrected chi connectivity index (χ0v) is 19.3. The molecule has 0 heterocycles. The molecule has 0 aromatic heterocycles. The summed E-state index contributed by atoms with van der Waals surface area (Å²) in [7, 11) is 0. The summed E-state index contributed by atoms with van der Waals surface area (Å²) >= 11 is 0. The topological polar surface area (TPSA) is 0 Å². The molecule has 168 valence electrons. The van der Waals surface area contributed by atoms with Gasteiger partial charge in [-0.25, -0.2) is 8.78 Å². The van der Waals surface area contributed by atoms with Gasteiger partial charge in [-0.2, -0.15) is 0 Å². The van der Waals surface area contributed by atoms with Crippen LogP contribution in [-0.2, 0) is 6.42 Å². The van der Waals surface area contributed by atoms with Crippen LogP contribution in [0.4, 0.5) is 8.78 Å². The van der Waals surface area contributed by atoms with Crippen LogP contribution in [-0.4, -0.2) is 0 Å². The Bertz CT molecular complexity index is 913. The van der Waals surface area contributed by atoms with Crippen molar-refractivity contribution in [2.45, 2.75) is 90.4 Å². The number of halogens is 2. The summed E-state index contributed by atoms with van der Waals surface area (Å²) in [6.07, 6.45) is 17.2. The minimum absolute atomic E-state index is 0.141. The van der Waals surface area contributed by atoms with Crippen LogP contribution in [0.15, 0.2) is 36.4 Å². The van der Waals surface area contributed by atoms with Gasteiger partial charge in [0, 0.05) is 5.39 Å². The molecule has 2 aliphatic carbocycles. The highest BCUT2D eigenvalue weighted by molar-refractivity contribution is 5.85. The molecule has 0 aliphatic heterocycles. The number of rotatable bonds is 7. The van der Waals surface area contributed by atoms with E-state index in [1.54, 1.807) is 12.1 Å². The van der Waals surface area contributed by atoms with Crippen LogP contribution in [0.1, 0.15) is 95.1 Å². The quantitative estimate of drug-likeness (QED) is 0.389. The molecule has 4 atom stereocenters. The Hall–Kier alpha value is -1.70. The zero-order chi connectivity index (χ0) is 21.8. The van der Waals surface area contributed by atoms with Crippen molar-refractivity contribution >= 4 is 10.8 Å². The standard InChI is InChI=1S/C29H38F2/c1-3-5-7-9-21-15-25-18-29(31)26(19-27(25)28(30)16-21)24-13-12-22-14-20(8-6-4-2)10-11-23(22)17-24/h3,5,15-16,18-20,22-24H,4,6-14,17H2,1-2H3/b5-3+. The van der Waals surface area contributed by atoms with Gasteiger partial charge in [-0.05, 0) is 110 Å². The lowest BCUT2D eigenvalue weighted by atomic mass is 9.63. The Morgan fingerprint density at radius 3 is 2.55 bits per heavy atom. The average molecular weight is 425 g/mol. The van der Waals surface area contributed by atoms with E-state index in [4.69, 9.17) is 0 Å². The Morgan fingerprint density at radius 2 is 1.74 bits per heavy atom. The molecule has 2 aromatic carbocycles. The molecular weight excluding hydrogens is 386 g/mol. The van der Waals surface area contributed by atoms with Gasteiger partial charge in [0.1, 0.15) is 11.6 Å². The van der Waals surface area contributed by atoms with Gasteiger partial charge in [-0.15, -0.1) is 0 Å². The molecule has 0 saturated heterocycles. The van der Waals surface area contributed by atoms with Crippen LogP contribution < -0.4 is 0 Å². The molecular formula is C29H38F2. The summed E-state index contributed by atoms with van der Waals surface area (Å²) in [5, 5.41) is 1.28. The predicted octanol–water partition coefficient (Wildman–Crippen LogP) is 9.12. The minimum Gasteiger partial charge on any atom is -0.207 e. The average Bonchev–Trinajstić information content (AvgIpc) is 2.77. The van der Waals surface area contributed by atoms with E-state index in [1.165, 1.54) is 44.9 Å². The molecule has 2 fully saturated rings. The highest BCUT2D eigenvalue weighted by atomic mass is 19.1. The molecule has 2 heteroatoms. The first-order valence-electron chi connectivity index (χ1n) is 12.6. The molecule has 2 aliphatic rings. The van der Waals surface area contributed by atoms with Crippen LogP contribution in [0.3, 0.4) is 0 Å². The third kappa shape index (κ3) is 5.21. The first-order chi connectivity index (χ1) is 15.1. The van der Waals surface area contributed by atoms with E-state index in [-0.39, 0.29) is 17.6 Å². The first-order valence-corrected chi connectivity index (χ1v) is 12.6. The molecule has 2 aromatic rings. The van der Waals surface area contributed by atoms with Gasteiger partial charge in [0.15, 0.2) is 0 Å². The van der Waals surface area contributed by atoms with Gasteiger partial charge >= 0.3 is 0 Å². The molecule has 0 spiro atoms. The highest BCUT2D eigenvalue weighted by Gasteiger charge is 2.36. The van der Waals surface area contributed by atoms with E-state index in [9.17, 15) is 4.39 Å². The van der Waals surface area contributed by atoms with Crippen molar-refractivity contribution in [2.75, 3.05) is 0 Å². The minimum atomic E-state index is -0.209. The van der Waals surface area contributed by atoms with E-state index in [1.807, 2.05) is 25.1 Å². The second kappa shape index (κ2) is 10.3. The SMILES string of the molecule is C/C=C/CCc1cc(F)c2cc(C3CCC4CC(CCCC)CCC4C3)c(F)cc2c1. The van der Waals surface area contributed by atoms with Crippen molar-refractivity contribution in [1.82, 2.24) is 0 Å². The highest BCUT2D eigenvalue weighted by Crippen LogP contribution is 2.49. The van der Waals surface area contributed by atoms with Gasteiger partial charge in [-0.1, -0.05) is 50.8 Å². The van der Waals surface area contributed by atoms with Crippen molar-refractivity contribution in [3.05, 3.63) is 59.2 Å². The predicted molar refractivity (Wildman–Crippen MR) is 127 cm³/mol. The number of fused-ring (bicyclic) bond motifs is 2. The van der Waals surface area contributed by atoms with E-state index in [0.717, 1.165) is 54.6 Å². The van der Waals surface area contributed by atoms with Crippen LogP contribution in [0.25, 0.3) is 10.8 Å². The second-order valence-corrected chi connectivity index (χ2v) is 10.1. The van der Waals surface area contributed by atoms with Crippen LogP contribution in [0.5, 0.6) is 0 Å². The fraction of sp³-hybridized carbons (Fsp3) is 0.586. The number of hydrogen-bond donors (Lipinski definition) is 0. The second-order valence-electron chi connectivity index (χ2n) is 10.1. The third-order valence-corrected chi connectivity index (χ3v) is 8.04. The largest absolute Gasteiger partial charge is 0.207 e. The van der Waals surface area contributed by atoms with Gasteiger partial charge < -0.3 is 0 Å². The molecule has 0 nitrogen and oxygen atoms in total. The zero-order valence-electron chi connectivity index (χ0n) is 19.3. The van der Waals surface area contributed by atoms with Crippen molar-refractivity contribution < 1.29 is 8.78 Å². The van der Waals surface area contributed by atoms with Crippen LogP contribution in [0, 0.1) is 29.4 Å². The molecule has 0 N–H and O–H groups in total. The molecule has 0 radical (unpaired) electrons. The number of hydrogen-bond acceptors (Lipinski definition) is 0. The van der Waals surface area contributed by atoms with Crippen LogP contribution in [0.2, 0.25) is 0 Å². The summed E-state index contributed by atoms with van der Waals surface area (Å²) in [5.74, 6) is 2.35. The first kappa shape index (κ1) is 22.5. The molecule has 2 saturated carbocycles. The summed E-state index contributed by atoms with van der Waals surface area (Å²) < 4.78 is 30.1. The summed E-state index contributed by atoms with van der Waals surface area (Å²) in [6.45, 7) is 4.27. The lowest BCUT2D eigenvalue weighted by Gasteiger charge is -2.42. The Labute approximate surface area is 187 Å². The maximum Gasteiger partial charge on any atom is 0.131 e. The summed E-state index contributed by atoms with van der Waals surface area (Å²) in [5.41, 5.74) is 1.69. The van der Waals surface area contributed by atoms with Crippen molar-refractivity contribution in [3.63, 3.8) is 0 Å². The lowest BCUT2D eigenvalue weighted by molar-refractivity contribution is 0.112. The fourth-order valence-electron chi connectivity index (χ4n) is 6.31. The van der Waals surface area contributed by atoms with Gasteiger partial charge in [0.2, 0.25) is 0 Å². The number of allylic oxidation sites excluding steroid dienone is 2. The maximum absolute atomic E-state index is 15.2. The van der Waals surface area contributed by atoms with Gasteiger partial charge in [-0.3, -0.25) is 0 Å². The van der Waals surface area contributed by atoms with Crippen molar-refractivity contribution in [3.8, 4) is 0 Å². The van der Waals surface area contributed by atoms with E-state index < -0.39 is 0 Å². The Morgan fingerprint density at radius 1 is 0.935 bits per heavy atom. The normalized spacial score (nSPS) is 26.5. The summed E-state index contributed by atoms with van der Waals surface area (Å²) in [6, 6.07) is 7.01. The Balaban J connectivity index is 1.49. The number of unbranched alkanes of at least 4 members (excludes halogenated alkanes) is 1. The van der Waals surface area contributed by atoms with E-state index >= 15 is 4.39 Å². The number of benzene rings is 2. The summed E-state index contributed by atoms with van der Waals surface area (Å²) in [4.78, 5) is 0. The number of aryl methyl sites for hydroxylation is 1. The smallest absolute Gasteiger partial charge is 0.131 e. The van der Waals surface area contributed by atoms with E-state index in [2.05, 4.69) is 13.0 Å².